The molecule has 3 N–H and O–H groups in total. The van der Waals surface area contributed by atoms with Crippen molar-refractivity contribution in [2.75, 3.05) is 26.2 Å². The fourth-order valence-electron chi connectivity index (χ4n) is 2.91. The number of nitrogens with zero attached hydrogens (tertiary/aromatic N) is 1. The fraction of sp³-hybridized carbons (Fsp3) is 0.933. The predicted octanol–water partition coefficient (Wildman–Crippen LogP) is 1.60. The monoisotopic (exact) mass is 269 g/mol. The van der Waals surface area contributed by atoms with E-state index in [1.165, 1.54) is 25.9 Å². The van der Waals surface area contributed by atoms with Gasteiger partial charge in [-0.25, -0.2) is 0 Å². The molecule has 0 aromatic carbocycles. The Balaban J connectivity index is 2.44. The molecule has 2 unspecified atom stereocenters. The molecule has 0 aromatic heterocycles. The van der Waals surface area contributed by atoms with Crippen LogP contribution in [0.1, 0.15) is 46.5 Å². The number of nitrogens with one attached hydrogen (secondary N) is 1. The molecular weight excluding hydrogens is 238 g/mol. The highest BCUT2D eigenvalue weighted by Crippen LogP contribution is 2.17. The van der Waals surface area contributed by atoms with Crippen LogP contribution in [-0.2, 0) is 4.79 Å². The lowest BCUT2D eigenvalue weighted by Crippen LogP contribution is -2.47. The van der Waals surface area contributed by atoms with Gasteiger partial charge in [-0.05, 0) is 38.3 Å². The Morgan fingerprint density at radius 1 is 1.32 bits per heavy atom. The summed E-state index contributed by atoms with van der Waals surface area (Å²) in [7, 11) is 0. The van der Waals surface area contributed by atoms with Crippen molar-refractivity contribution < 1.29 is 4.79 Å². The summed E-state index contributed by atoms with van der Waals surface area (Å²) in [6.07, 6.45) is 4.48. The zero-order valence-electron chi connectivity index (χ0n) is 12.8. The Morgan fingerprint density at radius 2 is 1.95 bits per heavy atom. The molecule has 4 heteroatoms. The van der Waals surface area contributed by atoms with Crippen LogP contribution in [0.4, 0.5) is 0 Å². The minimum absolute atomic E-state index is 0.0172. The quantitative estimate of drug-likeness (QED) is 0.703. The van der Waals surface area contributed by atoms with Gasteiger partial charge in [0.15, 0.2) is 0 Å². The molecule has 0 aromatic rings. The second kappa shape index (κ2) is 8.54. The van der Waals surface area contributed by atoms with Crippen molar-refractivity contribution in [3.05, 3.63) is 0 Å². The molecule has 4 nitrogen and oxygen atoms in total. The highest BCUT2D eigenvalue weighted by atomic mass is 16.1. The van der Waals surface area contributed by atoms with Crippen LogP contribution in [0.15, 0.2) is 0 Å². The number of rotatable bonds is 8. The Morgan fingerprint density at radius 3 is 2.42 bits per heavy atom. The van der Waals surface area contributed by atoms with Crippen LogP contribution >= 0.6 is 0 Å². The molecule has 0 saturated carbocycles. The molecule has 1 rings (SSSR count). The normalized spacial score (nSPS) is 19.6. The molecule has 2 atom stereocenters. The summed E-state index contributed by atoms with van der Waals surface area (Å²) in [6.45, 7) is 10.1. The molecule has 0 spiro atoms. The molecule has 1 fully saturated rings. The first-order chi connectivity index (χ1) is 9.10. The van der Waals surface area contributed by atoms with Gasteiger partial charge in [-0.15, -0.1) is 0 Å². The van der Waals surface area contributed by atoms with E-state index in [1.807, 2.05) is 0 Å². The third-order valence-electron chi connectivity index (χ3n) is 4.16. The minimum Gasteiger partial charge on any atom is -0.354 e. The average molecular weight is 269 g/mol. The van der Waals surface area contributed by atoms with E-state index >= 15 is 0 Å². The number of carbonyl (C=O) groups is 1. The zero-order chi connectivity index (χ0) is 14.3. The zero-order valence-corrected chi connectivity index (χ0v) is 12.8. The largest absolute Gasteiger partial charge is 0.354 e. The molecular formula is C15H31N3O. The maximum atomic E-state index is 12.1. The van der Waals surface area contributed by atoms with Gasteiger partial charge in [-0.3, -0.25) is 9.69 Å². The predicted molar refractivity (Wildman–Crippen MR) is 79.9 cm³/mol. The number of hydrogen-bond donors (Lipinski definition) is 2. The fourth-order valence-corrected chi connectivity index (χ4v) is 2.91. The highest BCUT2D eigenvalue weighted by molar-refractivity contribution is 5.78. The van der Waals surface area contributed by atoms with Crippen LogP contribution in [0, 0.1) is 11.8 Å². The van der Waals surface area contributed by atoms with Gasteiger partial charge in [0, 0.05) is 19.1 Å². The number of nitrogens with two attached hydrogens (primary N) is 1. The molecule has 1 aliphatic heterocycles. The average Bonchev–Trinajstić information content (AvgIpc) is 2.89. The summed E-state index contributed by atoms with van der Waals surface area (Å²) in [5.74, 6) is 0.687. The summed E-state index contributed by atoms with van der Waals surface area (Å²) in [5.41, 5.74) is 5.68. The van der Waals surface area contributed by atoms with E-state index in [2.05, 4.69) is 31.0 Å². The van der Waals surface area contributed by atoms with Crippen LogP contribution in [0.3, 0.4) is 0 Å². The van der Waals surface area contributed by atoms with Crippen LogP contribution in [-0.4, -0.2) is 43.0 Å². The maximum absolute atomic E-state index is 12.1. The van der Waals surface area contributed by atoms with Crippen LogP contribution < -0.4 is 11.1 Å². The maximum Gasteiger partial charge on any atom is 0.224 e. The number of carbonyl (C=O) groups excluding carboxylic acids is 1. The van der Waals surface area contributed by atoms with Gasteiger partial charge in [-0.1, -0.05) is 27.2 Å². The van der Waals surface area contributed by atoms with Gasteiger partial charge in [-0.2, -0.15) is 0 Å². The second-order valence-corrected chi connectivity index (χ2v) is 6.02. The first-order valence-electron chi connectivity index (χ1n) is 7.82. The third kappa shape index (κ3) is 5.11. The van der Waals surface area contributed by atoms with Gasteiger partial charge >= 0.3 is 0 Å². The molecule has 0 bridgehead atoms. The highest BCUT2D eigenvalue weighted by Gasteiger charge is 2.25. The van der Waals surface area contributed by atoms with Crippen molar-refractivity contribution in [3.63, 3.8) is 0 Å². The molecule has 19 heavy (non-hydrogen) atoms. The lowest BCUT2D eigenvalue weighted by Gasteiger charge is -2.31. The third-order valence-corrected chi connectivity index (χ3v) is 4.16. The molecule has 0 aliphatic carbocycles. The van der Waals surface area contributed by atoms with E-state index in [0.717, 1.165) is 19.4 Å². The Bertz CT molecular complexity index is 262. The first kappa shape index (κ1) is 16.4. The summed E-state index contributed by atoms with van der Waals surface area (Å²) < 4.78 is 0. The van der Waals surface area contributed by atoms with E-state index in [-0.39, 0.29) is 11.8 Å². The Hall–Kier alpha value is -0.610. The Kier molecular flexibility index (Phi) is 7.39. The van der Waals surface area contributed by atoms with Gasteiger partial charge in [0.2, 0.25) is 5.91 Å². The standard InChI is InChI=1S/C15H31N3O/c1-4-7-13(10-16)15(19)17-11-14(12(2)3)18-8-5-6-9-18/h12-14H,4-11,16H2,1-3H3,(H,17,19). The van der Waals surface area contributed by atoms with E-state index in [9.17, 15) is 4.79 Å². The molecule has 1 amide bonds. The molecule has 1 aliphatic rings. The van der Waals surface area contributed by atoms with Gasteiger partial charge in [0.1, 0.15) is 0 Å². The number of amides is 1. The molecule has 1 heterocycles. The van der Waals surface area contributed by atoms with E-state index in [1.54, 1.807) is 0 Å². The topological polar surface area (TPSA) is 58.4 Å². The lowest BCUT2D eigenvalue weighted by atomic mass is 10.0. The van der Waals surface area contributed by atoms with Crippen molar-refractivity contribution >= 4 is 5.91 Å². The van der Waals surface area contributed by atoms with E-state index in [0.29, 0.717) is 18.5 Å². The Labute approximate surface area is 118 Å². The van der Waals surface area contributed by atoms with Gasteiger partial charge < -0.3 is 11.1 Å². The number of likely N-dealkylation sites (tertiary alicyclic amines) is 1. The van der Waals surface area contributed by atoms with Crippen molar-refractivity contribution in [2.45, 2.75) is 52.5 Å². The van der Waals surface area contributed by atoms with E-state index < -0.39 is 0 Å². The summed E-state index contributed by atoms with van der Waals surface area (Å²) in [4.78, 5) is 14.6. The minimum atomic E-state index is -0.0172. The van der Waals surface area contributed by atoms with Gasteiger partial charge in [0.25, 0.3) is 0 Å². The van der Waals surface area contributed by atoms with Crippen LogP contribution in [0.2, 0.25) is 0 Å². The number of hydrogen-bond acceptors (Lipinski definition) is 3. The van der Waals surface area contributed by atoms with Crippen molar-refractivity contribution in [1.29, 1.82) is 0 Å². The van der Waals surface area contributed by atoms with E-state index in [4.69, 9.17) is 5.73 Å². The van der Waals surface area contributed by atoms with Crippen LogP contribution in [0.5, 0.6) is 0 Å². The first-order valence-corrected chi connectivity index (χ1v) is 7.82. The summed E-state index contributed by atoms with van der Waals surface area (Å²) in [6, 6.07) is 0.464. The molecule has 112 valence electrons. The van der Waals surface area contributed by atoms with Crippen molar-refractivity contribution in [3.8, 4) is 0 Å². The van der Waals surface area contributed by atoms with Crippen LogP contribution in [0.25, 0.3) is 0 Å². The van der Waals surface area contributed by atoms with Gasteiger partial charge in [0.05, 0.1) is 5.92 Å². The lowest BCUT2D eigenvalue weighted by molar-refractivity contribution is -0.125. The SMILES string of the molecule is CCCC(CN)C(=O)NCC(C(C)C)N1CCCC1. The second-order valence-electron chi connectivity index (χ2n) is 6.02. The molecule has 0 radical (unpaired) electrons. The molecule has 1 saturated heterocycles. The van der Waals surface area contributed by atoms with Crippen molar-refractivity contribution in [2.24, 2.45) is 17.6 Å². The summed E-state index contributed by atoms with van der Waals surface area (Å²) in [5, 5.41) is 3.12. The van der Waals surface area contributed by atoms with Crippen molar-refractivity contribution in [1.82, 2.24) is 10.2 Å². The smallest absolute Gasteiger partial charge is 0.224 e. The summed E-state index contributed by atoms with van der Waals surface area (Å²) >= 11 is 0.